The summed E-state index contributed by atoms with van der Waals surface area (Å²) in [4.78, 5) is 28.1. The third-order valence-electron chi connectivity index (χ3n) is 5.06. The van der Waals surface area contributed by atoms with Crippen molar-refractivity contribution in [3.05, 3.63) is 0 Å². The van der Waals surface area contributed by atoms with E-state index in [1.54, 1.807) is 11.9 Å². The maximum atomic E-state index is 12.5. The van der Waals surface area contributed by atoms with Crippen LogP contribution in [-0.4, -0.2) is 54.3 Å². The number of amides is 2. The molecule has 21 heavy (non-hydrogen) atoms. The fourth-order valence-corrected chi connectivity index (χ4v) is 3.62. The Balaban J connectivity index is 1.84. The number of hydrogen-bond acceptors (Lipinski definition) is 3. The van der Waals surface area contributed by atoms with Gasteiger partial charge < -0.3 is 15.5 Å². The standard InChI is InChI=1S/C16H29N3O2/c1-12(13-6-5-7-14(17)10-13)16(21)18(2)11-15(20)19-8-3-4-9-19/h12-14H,3-11,17H2,1-2H3. The van der Waals surface area contributed by atoms with Crippen LogP contribution in [0.5, 0.6) is 0 Å². The average Bonchev–Trinajstić information content (AvgIpc) is 2.99. The molecule has 2 amide bonds. The number of likely N-dealkylation sites (N-methyl/N-ethyl adjacent to an activating group) is 1. The van der Waals surface area contributed by atoms with Crippen molar-refractivity contribution in [3.8, 4) is 0 Å². The van der Waals surface area contributed by atoms with E-state index in [9.17, 15) is 9.59 Å². The molecule has 0 aromatic heterocycles. The van der Waals surface area contributed by atoms with Crippen LogP contribution >= 0.6 is 0 Å². The molecule has 0 aromatic rings. The maximum Gasteiger partial charge on any atom is 0.242 e. The Morgan fingerprint density at radius 3 is 2.52 bits per heavy atom. The molecule has 0 bridgehead atoms. The van der Waals surface area contributed by atoms with Crippen molar-refractivity contribution >= 4 is 11.8 Å². The first-order valence-electron chi connectivity index (χ1n) is 8.27. The molecule has 1 heterocycles. The largest absolute Gasteiger partial charge is 0.341 e. The Morgan fingerprint density at radius 2 is 1.90 bits per heavy atom. The fourth-order valence-electron chi connectivity index (χ4n) is 3.62. The first-order valence-corrected chi connectivity index (χ1v) is 8.27. The lowest BCUT2D eigenvalue weighted by Crippen LogP contribution is -2.44. The van der Waals surface area contributed by atoms with Crippen LogP contribution in [-0.2, 0) is 9.59 Å². The van der Waals surface area contributed by atoms with Gasteiger partial charge in [-0.1, -0.05) is 13.3 Å². The van der Waals surface area contributed by atoms with E-state index in [0.29, 0.717) is 5.92 Å². The summed E-state index contributed by atoms with van der Waals surface area (Å²) >= 11 is 0. The van der Waals surface area contributed by atoms with Gasteiger partial charge in [-0.2, -0.15) is 0 Å². The first-order chi connectivity index (χ1) is 9.99. The van der Waals surface area contributed by atoms with Crippen molar-refractivity contribution in [2.75, 3.05) is 26.7 Å². The predicted octanol–water partition coefficient (Wildman–Crippen LogP) is 1.22. The Kier molecular flexibility index (Phi) is 5.62. The number of carbonyl (C=O) groups is 2. The molecule has 3 atom stereocenters. The minimum absolute atomic E-state index is 0.0345. The van der Waals surface area contributed by atoms with E-state index in [0.717, 1.165) is 51.6 Å². The normalized spacial score (nSPS) is 27.5. The summed E-state index contributed by atoms with van der Waals surface area (Å²) in [6.45, 7) is 3.88. The highest BCUT2D eigenvalue weighted by Crippen LogP contribution is 2.30. The second kappa shape index (κ2) is 7.25. The molecule has 120 valence electrons. The summed E-state index contributed by atoms with van der Waals surface area (Å²) in [5, 5.41) is 0. The third-order valence-corrected chi connectivity index (χ3v) is 5.06. The van der Waals surface area contributed by atoms with Gasteiger partial charge in [0.2, 0.25) is 11.8 Å². The maximum absolute atomic E-state index is 12.5. The van der Waals surface area contributed by atoms with Crippen LogP contribution in [0.2, 0.25) is 0 Å². The summed E-state index contributed by atoms with van der Waals surface area (Å²) in [7, 11) is 1.75. The molecule has 0 aromatic carbocycles. The van der Waals surface area contributed by atoms with Gasteiger partial charge in [-0.3, -0.25) is 9.59 Å². The van der Waals surface area contributed by atoms with Gasteiger partial charge in [-0.05, 0) is 38.0 Å². The number of hydrogen-bond donors (Lipinski definition) is 1. The van der Waals surface area contributed by atoms with Crippen LogP contribution in [0.15, 0.2) is 0 Å². The third kappa shape index (κ3) is 4.19. The molecule has 2 N–H and O–H groups in total. The molecule has 0 radical (unpaired) electrons. The van der Waals surface area contributed by atoms with Crippen molar-refractivity contribution in [2.45, 2.75) is 51.5 Å². The number of nitrogens with two attached hydrogens (primary N) is 1. The molecule has 2 rings (SSSR count). The SMILES string of the molecule is CC(C(=O)N(C)CC(=O)N1CCCC1)C1CCCC(N)C1. The second-order valence-electron chi connectivity index (χ2n) is 6.76. The summed E-state index contributed by atoms with van der Waals surface area (Å²) in [5.74, 6) is 0.496. The van der Waals surface area contributed by atoms with Crippen molar-refractivity contribution in [1.82, 2.24) is 9.80 Å². The molecule has 2 fully saturated rings. The summed E-state index contributed by atoms with van der Waals surface area (Å²) in [6, 6.07) is 0.232. The van der Waals surface area contributed by atoms with Gasteiger partial charge in [0.05, 0.1) is 6.54 Å². The van der Waals surface area contributed by atoms with Gasteiger partial charge >= 0.3 is 0 Å². The topological polar surface area (TPSA) is 66.6 Å². The van der Waals surface area contributed by atoms with E-state index in [-0.39, 0.29) is 30.3 Å². The highest BCUT2D eigenvalue weighted by Gasteiger charge is 2.31. The van der Waals surface area contributed by atoms with Crippen LogP contribution in [0.25, 0.3) is 0 Å². The summed E-state index contributed by atoms with van der Waals surface area (Å²) in [6.07, 6.45) is 6.36. The van der Waals surface area contributed by atoms with Crippen molar-refractivity contribution < 1.29 is 9.59 Å². The van der Waals surface area contributed by atoms with Crippen LogP contribution in [0, 0.1) is 11.8 Å². The van der Waals surface area contributed by atoms with Gasteiger partial charge in [-0.15, -0.1) is 0 Å². The molecule has 1 aliphatic heterocycles. The Hall–Kier alpha value is -1.10. The minimum Gasteiger partial charge on any atom is -0.341 e. The quantitative estimate of drug-likeness (QED) is 0.848. The molecular formula is C16H29N3O2. The van der Waals surface area contributed by atoms with Crippen molar-refractivity contribution in [3.63, 3.8) is 0 Å². The van der Waals surface area contributed by atoms with Gasteiger partial charge in [0, 0.05) is 32.1 Å². The number of carbonyl (C=O) groups excluding carboxylic acids is 2. The van der Waals surface area contributed by atoms with Gasteiger partial charge in [0.15, 0.2) is 0 Å². The molecule has 5 heteroatoms. The number of likely N-dealkylation sites (tertiary alicyclic amines) is 1. The molecule has 1 saturated heterocycles. The molecule has 5 nitrogen and oxygen atoms in total. The van der Waals surface area contributed by atoms with Crippen LogP contribution in [0.4, 0.5) is 0 Å². The van der Waals surface area contributed by atoms with Gasteiger partial charge in [0.1, 0.15) is 0 Å². The lowest BCUT2D eigenvalue weighted by atomic mass is 9.78. The Labute approximate surface area is 127 Å². The number of nitrogens with zero attached hydrogens (tertiary/aromatic N) is 2. The van der Waals surface area contributed by atoms with E-state index in [1.165, 1.54) is 0 Å². The average molecular weight is 295 g/mol. The van der Waals surface area contributed by atoms with E-state index in [4.69, 9.17) is 5.73 Å². The number of rotatable bonds is 4. The molecule has 0 spiro atoms. The minimum atomic E-state index is -0.0345. The zero-order valence-corrected chi connectivity index (χ0v) is 13.4. The van der Waals surface area contributed by atoms with E-state index in [2.05, 4.69) is 0 Å². The van der Waals surface area contributed by atoms with Crippen LogP contribution in [0.1, 0.15) is 45.4 Å². The first kappa shape index (κ1) is 16.3. The second-order valence-corrected chi connectivity index (χ2v) is 6.76. The zero-order chi connectivity index (χ0) is 15.4. The Bertz CT molecular complexity index is 380. The van der Waals surface area contributed by atoms with Crippen LogP contribution < -0.4 is 5.73 Å². The lowest BCUT2D eigenvalue weighted by Gasteiger charge is -2.32. The van der Waals surface area contributed by atoms with E-state index < -0.39 is 0 Å². The fraction of sp³-hybridized carbons (Fsp3) is 0.875. The molecule has 2 aliphatic rings. The summed E-state index contributed by atoms with van der Waals surface area (Å²) < 4.78 is 0. The lowest BCUT2D eigenvalue weighted by molar-refractivity contribution is -0.142. The monoisotopic (exact) mass is 295 g/mol. The Morgan fingerprint density at radius 1 is 1.24 bits per heavy atom. The predicted molar refractivity (Wildman–Crippen MR) is 82.5 cm³/mol. The molecule has 1 aliphatic carbocycles. The smallest absolute Gasteiger partial charge is 0.242 e. The van der Waals surface area contributed by atoms with Gasteiger partial charge in [-0.25, -0.2) is 0 Å². The molecular weight excluding hydrogens is 266 g/mol. The summed E-state index contributed by atoms with van der Waals surface area (Å²) in [5.41, 5.74) is 6.02. The highest BCUT2D eigenvalue weighted by molar-refractivity contribution is 5.85. The van der Waals surface area contributed by atoms with Gasteiger partial charge in [0.25, 0.3) is 0 Å². The van der Waals surface area contributed by atoms with Crippen LogP contribution in [0.3, 0.4) is 0 Å². The zero-order valence-electron chi connectivity index (χ0n) is 13.4. The van der Waals surface area contributed by atoms with E-state index in [1.807, 2.05) is 11.8 Å². The van der Waals surface area contributed by atoms with E-state index >= 15 is 0 Å². The molecule has 3 unspecified atom stereocenters. The van der Waals surface area contributed by atoms with Crippen molar-refractivity contribution in [1.29, 1.82) is 0 Å². The van der Waals surface area contributed by atoms with Crippen molar-refractivity contribution in [2.24, 2.45) is 17.6 Å². The highest BCUT2D eigenvalue weighted by atomic mass is 16.2. The molecule has 1 saturated carbocycles.